The largest absolute Gasteiger partial charge is 0.468 e. The van der Waals surface area contributed by atoms with Crippen molar-refractivity contribution in [2.24, 2.45) is 5.73 Å². The third-order valence-electron chi connectivity index (χ3n) is 2.34. The Labute approximate surface area is 111 Å². The Kier molecular flexibility index (Phi) is 4.96. The van der Waals surface area contributed by atoms with E-state index in [1.54, 1.807) is 4.90 Å². The molecule has 2 N–H and O–H groups in total. The van der Waals surface area contributed by atoms with E-state index in [4.69, 9.17) is 18.0 Å². The van der Waals surface area contributed by atoms with Gasteiger partial charge in [0.25, 0.3) is 0 Å². The van der Waals surface area contributed by atoms with Gasteiger partial charge in [0.15, 0.2) is 0 Å². The minimum absolute atomic E-state index is 0.0917. The van der Waals surface area contributed by atoms with E-state index in [0.717, 1.165) is 0 Å². The van der Waals surface area contributed by atoms with Gasteiger partial charge in [-0.3, -0.25) is 4.79 Å². The lowest BCUT2D eigenvalue weighted by Crippen LogP contribution is -2.37. The first kappa shape index (κ1) is 14.3. The summed E-state index contributed by atoms with van der Waals surface area (Å²) >= 11 is 4.80. The minimum Gasteiger partial charge on any atom is -0.468 e. The van der Waals surface area contributed by atoms with Crippen molar-refractivity contribution in [1.82, 2.24) is 9.97 Å². The van der Waals surface area contributed by atoms with Crippen LogP contribution in [-0.2, 0) is 9.53 Å². The maximum Gasteiger partial charge on any atom is 0.325 e. The monoisotopic (exact) mass is 268 g/mol. The Balaban J connectivity index is 2.92. The predicted molar refractivity (Wildman–Crippen MR) is 72.4 cm³/mol. The van der Waals surface area contributed by atoms with Gasteiger partial charge in [0, 0.05) is 6.04 Å². The molecule has 0 aliphatic heterocycles. The summed E-state index contributed by atoms with van der Waals surface area (Å²) < 4.78 is 4.64. The zero-order chi connectivity index (χ0) is 13.7. The average molecular weight is 268 g/mol. The van der Waals surface area contributed by atoms with E-state index in [2.05, 4.69) is 14.7 Å². The molecule has 0 saturated carbocycles. The van der Waals surface area contributed by atoms with Crippen LogP contribution in [0.2, 0.25) is 0 Å². The van der Waals surface area contributed by atoms with Gasteiger partial charge in [0.2, 0.25) is 0 Å². The molecule has 1 rings (SSSR count). The number of ether oxygens (including phenoxy) is 1. The van der Waals surface area contributed by atoms with Crippen molar-refractivity contribution >= 4 is 29.0 Å². The van der Waals surface area contributed by atoms with Crippen molar-refractivity contribution in [1.29, 1.82) is 0 Å². The molecule has 0 atom stereocenters. The molecule has 0 bridgehead atoms. The second-order valence-corrected chi connectivity index (χ2v) is 4.36. The van der Waals surface area contributed by atoms with Gasteiger partial charge in [-0.05, 0) is 13.8 Å². The smallest absolute Gasteiger partial charge is 0.325 e. The maximum absolute atomic E-state index is 11.3. The van der Waals surface area contributed by atoms with E-state index in [9.17, 15) is 4.79 Å². The van der Waals surface area contributed by atoms with E-state index in [0.29, 0.717) is 11.5 Å². The molecule has 0 amide bonds. The molecule has 1 aromatic rings. The number of aromatic nitrogens is 2. The summed E-state index contributed by atoms with van der Waals surface area (Å²) in [5.41, 5.74) is 5.90. The van der Waals surface area contributed by atoms with Crippen LogP contribution in [0.1, 0.15) is 19.5 Å². The summed E-state index contributed by atoms with van der Waals surface area (Å²) in [6.07, 6.45) is 3.03. The summed E-state index contributed by atoms with van der Waals surface area (Å²) in [6, 6.07) is 0.0917. The van der Waals surface area contributed by atoms with Crippen molar-refractivity contribution < 1.29 is 9.53 Å². The standard InChI is InChI=1S/C11H16N4O2S/c1-7(2)15(6-10(16)17-3)9-5-13-8(4-14-9)11(12)18/h4-5,7H,6H2,1-3H3,(H2,12,18). The van der Waals surface area contributed by atoms with Crippen LogP contribution in [0.15, 0.2) is 12.4 Å². The molecule has 1 aromatic heterocycles. The number of thiocarbonyl (C=S) groups is 1. The van der Waals surface area contributed by atoms with Crippen LogP contribution in [-0.4, -0.2) is 40.6 Å². The zero-order valence-corrected chi connectivity index (χ0v) is 11.4. The number of carbonyl (C=O) groups excluding carboxylic acids is 1. The molecule has 0 saturated heterocycles. The topological polar surface area (TPSA) is 81.3 Å². The Morgan fingerprint density at radius 1 is 1.50 bits per heavy atom. The third kappa shape index (κ3) is 3.63. The van der Waals surface area contributed by atoms with E-state index >= 15 is 0 Å². The lowest BCUT2D eigenvalue weighted by Gasteiger charge is -2.26. The van der Waals surface area contributed by atoms with Crippen molar-refractivity contribution in [3.63, 3.8) is 0 Å². The zero-order valence-electron chi connectivity index (χ0n) is 10.6. The molecular weight excluding hydrogens is 252 g/mol. The van der Waals surface area contributed by atoms with Crippen molar-refractivity contribution in [2.45, 2.75) is 19.9 Å². The molecule has 0 spiro atoms. The third-order valence-corrected chi connectivity index (χ3v) is 2.54. The number of carbonyl (C=O) groups is 1. The lowest BCUT2D eigenvalue weighted by atomic mass is 10.3. The number of nitrogens with zero attached hydrogens (tertiary/aromatic N) is 3. The van der Waals surface area contributed by atoms with E-state index < -0.39 is 0 Å². The van der Waals surface area contributed by atoms with Crippen LogP contribution < -0.4 is 10.6 Å². The van der Waals surface area contributed by atoms with Crippen LogP contribution in [0.4, 0.5) is 5.82 Å². The van der Waals surface area contributed by atoms with Gasteiger partial charge in [-0.2, -0.15) is 0 Å². The summed E-state index contributed by atoms with van der Waals surface area (Å²) in [4.78, 5) is 21.6. The highest BCUT2D eigenvalue weighted by atomic mass is 32.1. The molecule has 98 valence electrons. The molecule has 0 aliphatic carbocycles. The molecule has 0 aromatic carbocycles. The summed E-state index contributed by atoms with van der Waals surface area (Å²) in [5, 5.41) is 0. The molecular formula is C11H16N4O2S. The first-order valence-corrected chi connectivity index (χ1v) is 5.81. The fourth-order valence-electron chi connectivity index (χ4n) is 1.33. The lowest BCUT2D eigenvalue weighted by molar-refractivity contribution is -0.139. The molecule has 18 heavy (non-hydrogen) atoms. The molecule has 0 unspecified atom stereocenters. The normalized spacial score (nSPS) is 10.2. The highest BCUT2D eigenvalue weighted by Crippen LogP contribution is 2.12. The summed E-state index contributed by atoms with van der Waals surface area (Å²) in [6.45, 7) is 4.02. The van der Waals surface area contributed by atoms with Gasteiger partial charge >= 0.3 is 5.97 Å². The van der Waals surface area contributed by atoms with Gasteiger partial charge < -0.3 is 15.4 Å². The van der Waals surface area contributed by atoms with E-state index in [1.165, 1.54) is 19.5 Å². The number of anilines is 1. The van der Waals surface area contributed by atoms with E-state index in [-0.39, 0.29) is 23.5 Å². The van der Waals surface area contributed by atoms with Crippen LogP contribution in [0.5, 0.6) is 0 Å². The number of rotatable bonds is 5. The Morgan fingerprint density at radius 2 is 2.17 bits per heavy atom. The fourth-order valence-corrected chi connectivity index (χ4v) is 1.43. The molecule has 0 radical (unpaired) electrons. The predicted octanol–water partition coefficient (Wildman–Crippen LogP) is 0.499. The molecule has 0 aliphatic rings. The quantitative estimate of drug-likeness (QED) is 0.615. The van der Waals surface area contributed by atoms with Gasteiger partial charge in [0.05, 0.1) is 19.5 Å². The van der Waals surface area contributed by atoms with Crippen molar-refractivity contribution in [3.05, 3.63) is 18.1 Å². The number of methoxy groups -OCH3 is 1. The Morgan fingerprint density at radius 3 is 2.56 bits per heavy atom. The highest BCUT2D eigenvalue weighted by Gasteiger charge is 2.16. The Hall–Kier alpha value is -1.76. The number of hydrogen-bond donors (Lipinski definition) is 1. The van der Waals surface area contributed by atoms with Crippen molar-refractivity contribution in [2.75, 3.05) is 18.6 Å². The first-order valence-electron chi connectivity index (χ1n) is 5.41. The first-order chi connectivity index (χ1) is 8.45. The molecule has 7 heteroatoms. The van der Waals surface area contributed by atoms with Gasteiger partial charge in [-0.15, -0.1) is 0 Å². The number of esters is 1. The van der Waals surface area contributed by atoms with Crippen LogP contribution >= 0.6 is 12.2 Å². The fraction of sp³-hybridized carbons (Fsp3) is 0.455. The van der Waals surface area contributed by atoms with Crippen LogP contribution in [0.25, 0.3) is 0 Å². The van der Waals surface area contributed by atoms with Gasteiger partial charge in [0.1, 0.15) is 23.0 Å². The molecule has 0 fully saturated rings. The second-order valence-electron chi connectivity index (χ2n) is 3.92. The summed E-state index contributed by atoms with van der Waals surface area (Å²) in [7, 11) is 1.35. The highest BCUT2D eigenvalue weighted by molar-refractivity contribution is 7.80. The summed E-state index contributed by atoms with van der Waals surface area (Å²) in [5.74, 6) is 0.249. The Bertz CT molecular complexity index is 433. The molecule has 6 nitrogen and oxygen atoms in total. The average Bonchev–Trinajstić information content (AvgIpc) is 2.35. The van der Waals surface area contributed by atoms with E-state index in [1.807, 2.05) is 13.8 Å². The van der Waals surface area contributed by atoms with Gasteiger partial charge in [-0.25, -0.2) is 9.97 Å². The van der Waals surface area contributed by atoms with Gasteiger partial charge in [-0.1, -0.05) is 12.2 Å². The number of nitrogens with two attached hydrogens (primary N) is 1. The van der Waals surface area contributed by atoms with Crippen LogP contribution in [0, 0.1) is 0 Å². The number of hydrogen-bond acceptors (Lipinski definition) is 6. The van der Waals surface area contributed by atoms with Crippen molar-refractivity contribution in [3.8, 4) is 0 Å². The minimum atomic E-state index is -0.330. The SMILES string of the molecule is COC(=O)CN(c1cnc(C(N)=S)cn1)C(C)C. The maximum atomic E-state index is 11.3. The molecule has 1 heterocycles. The van der Waals surface area contributed by atoms with Crippen LogP contribution in [0.3, 0.4) is 0 Å². The second kappa shape index (κ2) is 6.25.